The van der Waals surface area contributed by atoms with Gasteiger partial charge in [-0.1, -0.05) is 12.1 Å². The molecule has 2 rings (SSSR count). The third-order valence-electron chi connectivity index (χ3n) is 2.81. The molecule has 0 amide bonds. The van der Waals surface area contributed by atoms with E-state index in [2.05, 4.69) is 0 Å². The van der Waals surface area contributed by atoms with Crippen molar-refractivity contribution in [2.75, 3.05) is 6.61 Å². The fourth-order valence-electron chi connectivity index (χ4n) is 1.85. The van der Waals surface area contributed by atoms with Crippen LogP contribution in [0.25, 0.3) is 0 Å². The van der Waals surface area contributed by atoms with Crippen LogP contribution >= 0.6 is 0 Å². The monoisotopic (exact) mass is 271 g/mol. The first kappa shape index (κ1) is 13.8. The first-order valence-electron chi connectivity index (χ1n) is 5.79. The van der Waals surface area contributed by atoms with Crippen LogP contribution in [0.4, 0.5) is 13.2 Å². The molecule has 1 heterocycles. The van der Waals surface area contributed by atoms with Crippen LogP contribution in [0.3, 0.4) is 0 Å². The summed E-state index contributed by atoms with van der Waals surface area (Å²) in [5.41, 5.74) is 0.0301. The summed E-state index contributed by atoms with van der Waals surface area (Å²) in [6.45, 7) is 0.346. The Bertz CT molecular complexity index is 464. The number of hydrogen-bond donors (Lipinski definition) is 0. The van der Waals surface area contributed by atoms with Gasteiger partial charge in [-0.25, -0.2) is 0 Å². The number of rotatable bonds is 3. The lowest BCUT2D eigenvalue weighted by Gasteiger charge is -2.11. The Morgan fingerprint density at radius 3 is 2.53 bits per heavy atom. The van der Waals surface area contributed by atoms with Gasteiger partial charge < -0.3 is 9.47 Å². The van der Waals surface area contributed by atoms with Crippen molar-refractivity contribution in [1.82, 2.24) is 0 Å². The van der Waals surface area contributed by atoms with Crippen LogP contribution in [-0.2, 0) is 22.1 Å². The molecule has 19 heavy (non-hydrogen) atoms. The first-order valence-corrected chi connectivity index (χ1v) is 5.79. The summed E-state index contributed by atoms with van der Waals surface area (Å²) < 4.78 is 47.9. The second-order valence-electron chi connectivity index (χ2n) is 4.28. The second kappa shape index (κ2) is 5.59. The molecule has 2 unspecified atom stereocenters. The Balaban J connectivity index is 1.92. The zero-order chi connectivity index (χ0) is 13.9. The molecule has 0 spiro atoms. The molecule has 0 aliphatic carbocycles. The molecular weight excluding hydrogens is 259 g/mol. The van der Waals surface area contributed by atoms with Crippen molar-refractivity contribution in [2.24, 2.45) is 0 Å². The predicted octanol–water partition coefficient (Wildman–Crippen LogP) is 2.90. The third-order valence-corrected chi connectivity index (χ3v) is 2.81. The van der Waals surface area contributed by atoms with E-state index in [-0.39, 0.29) is 12.5 Å². The molecule has 1 aromatic carbocycles. The minimum atomic E-state index is -4.32. The topological polar surface area (TPSA) is 42.2 Å². The number of nitriles is 1. The maximum absolute atomic E-state index is 12.4. The SMILES string of the molecule is N#CCC1COC(Cc2ccc(C(F)(F)F)cc2)O1. The summed E-state index contributed by atoms with van der Waals surface area (Å²) in [5.74, 6) is 0. The van der Waals surface area contributed by atoms with Crippen LogP contribution in [0.15, 0.2) is 24.3 Å². The van der Waals surface area contributed by atoms with E-state index in [0.717, 1.165) is 12.1 Å². The van der Waals surface area contributed by atoms with E-state index in [9.17, 15) is 13.2 Å². The second-order valence-corrected chi connectivity index (χ2v) is 4.28. The highest BCUT2D eigenvalue weighted by Crippen LogP contribution is 2.29. The van der Waals surface area contributed by atoms with Gasteiger partial charge in [0, 0.05) is 6.42 Å². The van der Waals surface area contributed by atoms with Gasteiger partial charge in [0.05, 0.1) is 30.8 Å². The average molecular weight is 271 g/mol. The fourth-order valence-corrected chi connectivity index (χ4v) is 1.85. The van der Waals surface area contributed by atoms with E-state index >= 15 is 0 Å². The summed E-state index contributed by atoms with van der Waals surface area (Å²) in [7, 11) is 0. The summed E-state index contributed by atoms with van der Waals surface area (Å²) in [4.78, 5) is 0. The molecule has 0 bridgehead atoms. The van der Waals surface area contributed by atoms with Gasteiger partial charge in [-0.15, -0.1) is 0 Å². The summed E-state index contributed by atoms with van der Waals surface area (Å²) in [5, 5.41) is 8.52. The third kappa shape index (κ3) is 3.69. The lowest BCUT2D eigenvalue weighted by Crippen LogP contribution is -2.14. The zero-order valence-corrected chi connectivity index (χ0v) is 9.98. The molecule has 0 aromatic heterocycles. The Labute approximate surface area is 108 Å². The average Bonchev–Trinajstić information content (AvgIpc) is 2.77. The van der Waals surface area contributed by atoms with Gasteiger partial charge in [0.15, 0.2) is 6.29 Å². The Morgan fingerprint density at radius 1 is 1.26 bits per heavy atom. The molecule has 2 atom stereocenters. The normalized spacial score (nSPS) is 23.3. The number of halogens is 3. The minimum absolute atomic E-state index is 0.246. The van der Waals surface area contributed by atoms with Crippen molar-refractivity contribution in [3.8, 4) is 6.07 Å². The van der Waals surface area contributed by atoms with Gasteiger partial charge in [-0.2, -0.15) is 18.4 Å². The van der Waals surface area contributed by atoms with Crippen molar-refractivity contribution in [3.63, 3.8) is 0 Å². The molecule has 0 radical (unpaired) electrons. The highest BCUT2D eigenvalue weighted by atomic mass is 19.4. The van der Waals surface area contributed by atoms with E-state index in [0.29, 0.717) is 18.6 Å². The summed E-state index contributed by atoms with van der Waals surface area (Å²) in [6.07, 6.45) is -4.43. The van der Waals surface area contributed by atoms with Crippen molar-refractivity contribution >= 4 is 0 Å². The highest BCUT2D eigenvalue weighted by Gasteiger charge is 2.30. The number of benzene rings is 1. The Morgan fingerprint density at radius 2 is 1.95 bits per heavy atom. The highest BCUT2D eigenvalue weighted by molar-refractivity contribution is 5.24. The quantitative estimate of drug-likeness (QED) is 0.848. The molecular formula is C13H12F3NO2. The summed E-state index contributed by atoms with van der Waals surface area (Å²) in [6, 6.07) is 6.89. The van der Waals surface area contributed by atoms with Crippen molar-refractivity contribution in [3.05, 3.63) is 35.4 Å². The maximum atomic E-state index is 12.4. The molecule has 6 heteroatoms. The number of ether oxygens (including phenoxy) is 2. The zero-order valence-electron chi connectivity index (χ0n) is 9.98. The van der Waals surface area contributed by atoms with Gasteiger partial charge in [-0.3, -0.25) is 0 Å². The van der Waals surface area contributed by atoms with E-state index < -0.39 is 18.0 Å². The van der Waals surface area contributed by atoms with Gasteiger partial charge >= 0.3 is 6.18 Å². The number of alkyl halides is 3. The van der Waals surface area contributed by atoms with E-state index in [1.165, 1.54) is 12.1 Å². The minimum Gasteiger partial charge on any atom is -0.350 e. The molecule has 3 nitrogen and oxygen atoms in total. The largest absolute Gasteiger partial charge is 0.416 e. The molecule has 0 saturated carbocycles. The van der Waals surface area contributed by atoms with Crippen molar-refractivity contribution in [2.45, 2.75) is 31.4 Å². The molecule has 1 aliphatic heterocycles. The van der Waals surface area contributed by atoms with E-state index in [1.54, 1.807) is 0 Å². The van der Waals surface area contributed by atoms with E-state index in [4.69, 9.17) is 14.7 Å². The Kier molecular flexibility index (Phi) is 4.08. The molecule has 1 aliphatic rings. The number of nitrogens with zero attached hydrogens (tertiary/aromatic N) is 1. The van der Waals surface area contributed by atoms with Gasteiger partial charge in [0.1, 0.15) is 0 Å². The molecule has 102 valence electrons. The van der Waals surface area contributed by atoms with Crippen LogP contribution < -0.4 is 0 Å². The molecule has 1 fully saturated rings. The van der Waals surface area contributed by atoms with Crippen LogP contribution in [-0.4, -0.2) is 19.0 Å². The molecule has 1 saturated heterocycles. The van der Waals surface area contributed by atoms with Crippen molar-refractivity contribution in [1.29, 1.82) is 5.26 Å². The van der Waals surface area contributed by atoms with Crippen LogP contribution in [0.5, 0.6) is 0 Å². The molecule has 0 N–H and O–H groups in total. The van der Waals surface area contributed by atoms with Crippen LogP contribution in [0.1, 0.15) is 17.5 Å². The summed E-state index contributed by atoms with van der Waals surface area (Å²) >= 11 is 0. The van der Waals surface area contributed by atoms with Gasteiger partial charge in [-0.05, 0) is 17.7 Å². The van der Waals surface area contributed by atoms with Gasteiger partial charge in [0.25, 0.3) is 0 Å². The lowest BCUT2D eigenvalue weighted by atomic mass is 10.1. The first-order chi connectivity index (χ1) is 8.99. The standard InChI is InChI=1S/C13H12F3NO2/c14-13(15,16)10-3-1-9(2-4-10)7-12-18-8-11(19-12)5-6-17/h1-4,11-12H,5,7-8H2. The van der Waals surface area contributed by atoms with E-state index in [1.807, 2.05) is 6.07 Å². The van der Waals surface area contributed by atoms with Crippen LogP contribution in [0.2, 0.25) is 0 Å². The smallest absolute Gasteiger partial charge is 0.350 e. The predicted molar refractivity (Wildman–Crippen MR) is 60.0 cm³/mol. The van der Waals surface area contributed by atoms with Crippen LogP contribution in [0, 0.1) is 11.3 Å². The molecule has 1 aromatic rings. The fraction of sp³-hybridized carbons (Fsp3) is 0.462. The van der Waals surface area contributed by atoms with Crippen molar-refractivity contribution < 1.29 is 22.6 Å². The van der Waals surface area contributed by atoms with Gasteiger partial charge in [0.2, 0.25) is 0 Å². The lowest BCUT2D eigenvalue weighted by molar-refractivity contribution is -0.137. The maximum Gasteiger partial charge on any atom is 0.416 e. The number of hydrogen-bond acceptors (Lipinski definition) is 3. The Hall–Kier alpha value is -1.58.